The molecule has 0 aliphatic heterocycles. The van der Waals surface area contributed by atoms with Gasteiger partial charge in [-0.1, -0.05) is 106 Å². The van der Waals surface area contributed by atoms with Crippen LogP contribution in [0.5, 0.6) is 0 Å². The van der Waals surface area contributed by atoms with E-state index in [2.05, 4.69) is 0 Å². The minimum atomic E-state index is -6.25. The Balaban J connectivity index is 2.38. The van der Waals surface area contributed by atoms with E-state index in [0.29, 0.717) is 10.5 Å². The van der Waals surface area contributed by atoms with E-state index in [1.165, 1.54) is 0 Å². The second-order valence-corrected chi connectivity index (χ2v) is 18.3. The zero-order valence-corrected chi connectivity index (χ0v) is 28.4. The van der Waals surface area contributed by atoms with Crippen molar-refractivity contribution >= 4 is 30.1 Å². The maximum Gasteiger partial charge on any atom is 0.512 e. The lowest BCUT2D eigenvalue weighted by molar-refractivity contribution is -0.0441. The van der Waals surface area contributed by atoms with Crippen molar-refractivity contribution in [3.63, 3.8) is 0 Å². The minimum Gasteiger partial charge on any atom is -0.206 e. The summed E-state index contributed by atoms with van der Waals surface area (Å²) in [5, 5.41) is 0. The highest BCUT2D eigenvalue weighted by Gasteiger charge is 2.50. The van der Waals surface area contributed by atoms with Gasteiger partial charge in [-0.3, -0.25) is 0 Å². The van der Waals surface area contributed by atoms with Gasteiger partial charge in [0.05, 0.1) is 4.90 Å². The Labute approximate surface area is 266 Å². The van der Waals surface area contributed by atoms with Crippen molar-refractivity contribution < 1.29 is 30.0 Å². The first-order chi connectivity index (χ1) is 21.0. The van der Waals surface area contributed by atoms with Crippen LogP contribution in [0.3, 0.4) is 0 Å². The molecule has 45 heavy (non-hydrogen) atoms. The molecule has 1 N–H and O–H groups in total. The van der Waals surface area contributed by atoms with Gasteiger partial charge in [0.15, 0.2) is 0 Å². The average Bonchev–Trinajstić information content (AvgIpc) is 2.97. The highest BCUT2D eigenvalue weighted by atomic mass is 32.3. The lowest BCUT2D eigenvalue weighted by Crippen LogP contribution is -2.41. The summed E-state index contributed by atoms with van der Waals surface area (Å²) in [6.45, 7) is 11.1. The van der Waals surface area contributed by atoms with Crippen molar-refractivity contribution in [2.75, 3.05) is 0 Å². The molecule has 0 atom stereocenters. The number of benzene rings is 4. The van der Waals surface area contributed by atoms with E-state index in [0.717, 1.165) is 24.4 Å². The van der Waals surface area contributed by atoms with Crippen LogP contribution in [-0.4, -0.2) is 22.3 Å². The third kappa shape index (κ3) is 6.45. The van der Waals surface area contributed by atoms with Gasteiger partial charge in [0.1, 0.15) is 0 Å². The molecule has 0 aliphatic carbocycles. The first-order valence-electron chi connectivity index (χ1n) is 14.5. The van der Waals surface area contributed by atoms with Gasteiger partial charge in [0, 0.05) is 19.6 Å². The third-order valence-electron chi connectivity index (χ3n) is 7.54. The molecule has 4 aromatic carbocycles. The van der Waals surface area contributed by atoms with Crippen molar-refractivity contribution in [2.24, 2.45) is 0 Å². The van der Waals surface area contributed by atoms with E-state index in [-0.39, 0.29) is 11.5 Å². The van der Waals surface area contributed by atoms with Gasteiger partial charge in [0.25, 0.3) is 10.0 Å². The molecule has 0 saturated carbocycles. The highest BCUT2D eigenvalue weighted by Crippen LogP contribution is 2.76. The average molecular weight is 678 g/mol. The quantitative estimate of drug-likeness (QED) is 0.181. The molecule has 4 rings (SSSR count). The number of alkyl halides is 3. The van der Waals surface area contributed by atoms with Crippen LogP contribution in [0, 0.1) is 0 Å². The molecule has 242 valence electrons. The molecule has 0 saturated heterocycles. The molecule has 11 heteroatoms. The highest BCUT2D eigenvalue weighted by molar-refractivity contribution is 8.34. The molecule has 0 heterocycles. The van der Waals surface area contributed by atoms with Gasteiger partial charge in [-0.15, -0.1) is 10.0 Å². The van der Waals surface area contributed by atoms with Gasteiger partial charge in [-0.2, -0.15) is 13.2 Å². The van der Waals surface area contributed by atoms with Gasteiger partial charge < -0.3 is 0 Å². The molecule has 0 bridgehead atoms. The van der Waals surface area contributed by atoms with Crippen LogP contribution in [-0.2, 0) is 20.0 Å². The largest absolute Gasteiger partial charge is 0.512 e. The summed E-state index contributed by atoms with van der Waals surface area (Å²) in [7, 11) is -14.0. The lowest BCUT2D eigenvalue weighted by Gasteiger charge is -2.46. The smallest absolute Gasteiger partial charge is 0.206 e. The Morgan fingerprint density at radius 2 is 0.911 bits per heavy atom. The summed E-state index contributed by atoms with van der Waals surface area (Å²) in [5.74, 6) is -1.15. The zero-order chi connectivity index (χ0) is 33.4. The molecule has 4 aromatic rings. The van der Waals surface area contributed by atoms with Gasteiger partial charge in [-0.05, 0) is 70.8 Å². The summed E-state index contributed by atoms with van der Waals surface area (Å²) >= 11 is 0. The second-order valence-electron chi connectivity index (χ2n) is 11.7. The Morgan fingerprint density at radius 1 is 0.556 bits per heavy atom. The number of rotatable bonds is 10. The van der Waals surface area contributed by atoms with Crippen LogP contribution in [0.15, 0.2) is 122 Å². The number of hydrogen-bond donors (Lipinski definition) is 1. The van der Waals surface area contributed by atoms with Crippen molar-refractivity contribution in [1.82, 2.24) is 4.13 Å². The molecule has 0 spiro atoms. The van der Waals surface area contributed by atoms with Crippen LogP contribution in [0.4, 0.5) is 13.2 Å². The second kappa shape index (κ2) is 12.9. The zero-order valence-electron chi connectivity index (χ0n) is 26.0. The van der Waals surface area contributed by atoms with Crippen molar-refractivity contribution in [2.45, 2.75) is 89.3 Å². The number of sulfonamides is 2. The van der Waals surface area contributed by atoms with E-state index in [9.17, 15) is 30.0 Å². The molecular formula is C34H38F3NO4S3. The topological polar surface area (TPSA) is 80.3 Å². The van der Waals surface area contributed by atoms with E-state index in [1.54, 1.807) is 33.8 Å². The maximum absolute atomic E-state index is 14.1. The number of nitrogens with one attached hydrogen (secondary N) is 1. The molecule has 5 nitrogen and oxygen atoms in total. The fourth-order valence-electron chi connectivity index (χ4n) is 5.61. The summed E-state index contributed by atoms with van der Waals surface area (Å²) < 4.78 is 94.7. The molecule has 0 unspecified atom stereocenters. The minimum absolute atomic E-state index is 0.137. The fraction of sp³-hybridized carbons (Fsp3) is 0.294. The Bertz CT molecular complexity index is 1760. The van der Waals surface area contributed by atoms with E-state index < -0.39 is 52.3 Å². The monoisotopic (exact) mass is 677 g/mol. The van der Waals surface area contributed by atoms with Crippen LogP contribution in [0.1, 0.15) is 76.0 Å². The Hall–Kier alpha value is -3.12. The Morgan fingerprint density at radius 3 is 1.22 bits per heavy atom. The molecule has 0 amide bonds. The number of hydrogen-bond acceptors (Lipinski definition) is 4. The predicted molar refractivity (Wildman–Crippen MR) is 174 cm³/mol. The first kappa shape index (κ1) is 34.7. The van der Waals surface area contributed by atoms with Crippen molar-refractivity contribution in [1.29, 1.82) is 0 Å². The van der Waals surface area contributed by atoms with Crippen molar-refractivity contribution in [3.8, 4) is 0 Å². The maximum atomic E-state index is 14.1. The predicted octanol–water partition coefficient (Wildman–Crippen LogP) is 9.53. The van der Waals surface area contributed by atoms with Crippen LogP contribution < -0.4 is 4.13 Å². The summed E-state index contributed by atoms with van der Waals surface area (Å²) in [6.07, 6.45) is 0. The molecule has 0 aliphatic rings. The SMILES string of the molecule is CC(C)c1cc(C(C)C)c(S(=O)(=O)NS(=O)(=O)C(F)(F)F)c(C(C)C)c1S(c1ccccc1)(c1ccccc1)c1ccccc1. The van der Waals surface area contributed by atoms with E-state index in [4.69, 9.17) is 0 Å². The van der Waals surface area contributed by atoms with Gasteiger partial charge in [0.2, 0.25) is 0 Å². The van der Waals surface area contributed by atoms with Crippen LogP contribution in [0.25, 0.3) is 0 Å². The van der Waals surface area contributed by atoms with Gasteiger partial charge in [-0.25, -0.2) is 16.8 Å². The standard InChI is InChI=1S/C34H38F3NO4S3/c1-23(2)29-22-30(24(3)4)33(44(39,40)38-45(41,42)34(35,36)37)31(25(5)6)32(29)43(26-16-10-7-11-17-26,27-18-12-8-13-19-27)28-20-14-9-15-21-28/h7-25,38H,1-6H3. The molecular weight excluding hydrogens is 640 g/mol. The third-order valence-corrected chi connectivity index (χ3v) is 14.9. The van der Waals surface area contributed by atoms with Crippen molar-refractivity contribution in [3.05, 3.63) is 114 Å². The van der Waals surface area contributed by atoms with Gasteiger partial charge >= 0.3 is 15.5 Å². The first-order valence-corrected chi connectivity index (χ1v) is 19.1. The van der Waals surface area contributed by atoms with Crippen LogP contribution >= 0.6 is 10.0 Å². The molecule has 0 aromatic heterocycles. The molecule has 0 fully saturated rings. The van der Waals surface area contributed by atoms with Crippen LogP contribution in [0.2, 0.25) is 0 Å². The summed E-state index contributed by atoms with van der Waals surface area (Å²) in [4.78, 5) is 2.91. The number of halogens is 3. The Kier molecular flexibility index (Phi) is 9.99. The normalized spacial score (nSPS) is 13.5. The summed E-state index contributed by atoms with van der Waals surface area (Å²) in [5.41, 5.74) is -4.45. The summed E-state index contributed by atoms with van der Waals surface area (Å²) in [6, 6.07) is 30.8. The lowest BCUT2D eigenvalue weighted by atomic mass is 9.89. The fourth-order valence-corrected chi connectivity index (χ4v) is 13.3. The van der Waals surface area contributed by atoms with E-state index >= 15 is 0 Å². The van der Waals surface area contributed by atoms with E-state index in [1.807, 2.05) is 105 Å². The molecule has 0 radical (unpaired) electrons.